The van der Waals surface area contributed by atoms with E-state index in [0.29, 0.717) is 16.8 Å². The van der Waals surface area contributed by atoms with Crippen LogP contribution in [0.2, 0.25) is 5.02 Å². The molecule has 0 aliphatic carbocycles. The molecule has 2 amide bonds. The van der Waals surface area contributed by atoms with Crippen LogP contribution >= 0.6 is 11.6 Å². The third kappa shape index (κ3) is 6.09. The number of esters is 1. The molecule has 2 rings (SSSR count). The average molecular weight is 414 g/mol. The highest BCUT2D eigenvalue weighted by molar-refractivity contribution is 6.32. The number of nitrogens with one attached hydrogen (secondary N) is 1. The molecule has 0 aliphatic rings. The number of ether oxygens (including phenoxy) is 2. The van der Waals surface area contributed by atoms with Crippen molar-refractivity contribution < 1.29 is 23.9 Å². The number of carbonyl (C=O) groups is 3. The lowest BCUT2D eigenvalue weighted by Crippen LogP contribution is -2.20. The van der Waals surface area contributed by atoms with E-state index in [9.17, 15) is 19.6 Å². The van der Waals surface area contributed by atoms with E-state index < -0.39 is 17.8 Å². The number of amides is 2. The molecule has 148 valence electrons. The zero-order valence-corrected chi connectivity index (χ0v) is 16.0. The SMILES string of the molecule is COC(=O)c1ccc(NC(=O)/C(C#N)=C/c2ccc(OCC(N)=O)c(Cl)c2)cc1. The maximum absolute atomic E-state index is 12.3. The summed E-state index contributed by atoms with van der Waals surface area (Å²) in [6.45, 7) is -0.324. The van der Waals surface area contributed by atoms with E-state index in [1.807, 2.05) is 6.07 Å². The quantitative estimate of drug-likeness (QED) is 0.407. The fourth-order valence-corrected chi connectivity index (χ4v) is 2.44. The number of halogens is 1. The van der Waals surface area contributed by atoms with Gasteiger partial charge in [0.25, 0.3) is 11.8 Å². The number of nitrogens with two attached hydrogens (primary N) is 1. The smallest absolute Gasteiger partial charge is 0.337 e. The molecule has 0 aromatic heterocycles. The summed E-state index contributed by atoms with van der Waals surface area (Å²) < 4.78 is 9.74. The molecule has 0 unspecified atom stereocenters. The predicted molar refractivity (Wildman–Crippen MR) is 106 cm³/mol. The van der Waals surface area contributed by atoms with E-state index in [1.54, 1.807) is 6.07 Å². The van der Waals surface area contributed by atoms with Crippen molar-refractivity contribution in [3.63, 3.8) is 0 Å². The second kappa shape index (κ2) is 9.92. The van der Waals surface area contributed by atoms with E-state index in [2.05, 4.69) is 10.1 Å². The molecule has 0 saturated heterocycles. The van der Waals surface area contributed by atoms with Gasteiger partial charge in [-0.2, -0.15) is 5.26 Å². The van der Waals surface area contributed by atoms with Crippen LogP contribution < -0.4 is 15.8 Å². The molecule has 0 saturated carbocycles. The van der Waals surface area contributed by atoms with Gasteiger partial charge in [-0.15, -0.1) is 0 Å². The standard InChI is InChI=1S/C20H16ClN3O5/c1-28-20(27)13-3-5-15(6-4-13)24-19(26)14(10-22)8-12-2-7-17(16(21)9-12)29-11-18(23)25/h2-9H,11H2,1H3,(H2,23,25)(H,24,26)/b14-8+. The minimum absolute atomic E-state index is 0.163. The van der Waals surface area contributed by atoms with Crippen molar-refractivity contribution in [1.82, 2.24) is 0 Å². The molecular formula is C20H16ClN3O5. The van der Waals surface area contributed by atoms with Crippen molar-refractivity contribution >= 4 is 41.1 Å². The minimum Gasteiger partial charge on any atom is -0.482 e. The molecule has 8 nitrogen and oxygen atoms in total. The van der Waals surface area contributed by atoms with E-state index in [-0.39, 0.29) is 23.0 Å². The summed E-state index contributed by atoms with van der Waals surface area (Å²) in [4.78, 5) is 34.5. The summed E-state index contributed by atoms with van der Waals surface area (Å²) in [7, 11) is 1.27. The topological polar surface area (TPSA) is 132 Å². The zero-order chi connectivity index (χ0) is 21.4. The lowest BCUT2D eigenvalue weighted by Gasteiger charge is -2.07. The van der Waals surface area contributed by atoms with Gasteiger partial charge in [0.2, 0.25) is 0 Å². The summed E-state index contributed by atoms with van der Waals surface area (Å²) in [5.41, 5.74) is 6.06. The second-order valence-corrected chi connectivity index (χ2v) is 6.04. The first-order valence-corrected chi connectivity index (χ1v) is 8.54. The number of nitriles is 1. The Hall–Kier alpha value is -3.83. The first-order valence-electron chi connectivity index (χ1n) is 8.16. The summed E-state index contributed by atoms with van der Waals surface area (Å²) in [5, 5.41) is 12.1. The Morgan fingerprint density at radius 1 is 1.21 bits per heavy atom. The maximum atomic E-state index is 12.3. The molecule has 0 bridgehead atoms. The van der Waals surface area contributed by atoms with Gasteiger partial charge in [-0.1, -0.05) is 17.7 Å². The summed E-state index contributed by atoms with van der Waals surface area (Å²) in [6.07, 6.45) is 1.35. The van der Waals surface area contributed by atoms with Crippen molar-refractivity contribution in [2.75, 3.05) is 19.0 Å². The largest absolute Gasteiger partial charge is 0.482 e. The second-order valence-electron chi connectivity index (χ2n) is 5.64. The van der Waals surface area contributed by atoms with Gasteiger partial charge < -0.3 is 20.5 Å². The van der Waals surface area contributed by atoms with Gasteiger partial charge >= 0.3 is 5.97 Å². The average Bonchev–Trinajstić information content (AvgIpc) is 2.71. The Labute approximate surface area is 171 Å². The molecule has 0 heterocycles. The van der Waals surface area contributed by atoms with Crippen molar-refractivity contribution in [3.05, 3.63) is 64.2 Å². The van der Waals surface area contributed by atoms with Gasteiger partial charge in [-0.05, 0) is 48.0 Å². The van der Waals surface area contributed by atoms with Gasteiger partial charge in [0, 0.05) is 5.69 Å². The number of rotatable bonds is 7. The van der Waals surface area contributed by atoms with Crippen LogP contribution in [0, 0.1) is 11.3 Å². The minimum atomic E-state index is -0.645. The van der Waals surface area contributed by atoms with E-state index >= 15 is 0 Å². The number of hydrogen-bond acceptors (Lipinski definition) is 6. The highest BCUT2D eigenvalue weighted by Gasteiger charge is 2.12. The monoisotopic (exact) mass is 413 g/mol. The molecule has 0 radical (unpaired) electrons. The number of primary amides is 1. The Morgan fingerprint density at radius 3 is 2.45 bits per heavy atom. The van der Waals surface area contributed by atoms with Crippen LogP contribution in [-0.4, -0.2) is 31.5 Å². The highest BCUT2D eigenvalue weighted by atomic mass is 35.5. The maximum Gasteiger partial charge on any atom is 0.337 e. The molecular weight excluding hydrogens is 398 g/mol. The summed E-state index contributed by atoms with van der Waals surface area (Å²) >= 11 is 6.07. The number of anilines is 1. The molecule has 29 heavy (non-hydrogen) atoms. The van der Waals surface area contributed by atoms with Gasteiger partial charge in [-0.25, -0.2) is 4.79 Å². The zero-order valence-electron chi connectivity index (χ0n) is 15.3. The highest BCUT2D eigenvalue weighted by Crippen LogP contribution is 2.26. The van der Waals surface area contributed by atoms with Crippen molar-refractivity contribution in [2.45, 2.75) is 0 Å². The lowest BCUT2D eigenvalue weighted by molar-refractivity contribution is -0.120. The summed E-state index contributed by atoms with van der Waals surface area (Å²) in [6, 6.07) is 12.4. The fourth-order valence-electron chi connectivity index (χ4n) is 2.19. The van der Waals surface area contributed by atoms with Gasteiger partial charge in [-0.3, -0.25) is 9.59 Å². The molecule has 0 fully saturated rings. The van der Waals surface area contributed by atoms with Gasteiger partial charge in [0.15, 0.2) is 6.61 Å². The third-order valence-corrected chi connectivity index (χ3v) is 3.86. The van der Waals surface area contributed by atoms with Crippen molar-refractivity contribution in [1.29, 1.82) is 5.26 Å². The molecule has 2 aromatic carbocycles. The Balaban J connectivity index is 2.13. The number of carbonyl (C=O) groups excluding carboxylic acids is 3. The number of nitrogens with zero attached hydrogens (tertiary/aromatic N) is 1. The predicted octanol–water partition coefficient (Wildman–Crippen LogP) is 2.54. The first-order chi connectivity index (χ1) is 13.8. The van der Waals surface area contributed by atoms with Crippen LogP contribution in [-0.2, 0) is 14.3 Å². The molecule has 0 atom stereocenters. The Bertz CT molecular complexity index is 1010. The van der Waals surface area contributed by atoms with Gasteiger partial charge in [0.1, 0.15) is 17.4 Å². The summed E-state index contributed by atoms with van der Waals surface area (Å²) in [5.74, 6) is -1.53. The Kier molecular flexibility index (Phi) is 7.34. The number of hydrogen-bond donors (Lipinski definition) is 2. The van der Waals surface area contributed by atoms with Crippen LogP contribution in [0.25, 0.3) is 6.08 Å². The lowest BCUT2D eigenvalue weighted by atomic mass is 10.1. The van der Waals surface area contributed by atoms with Crippen LogP contribution in [0.5, 0.6) is 5.75 Å². The number of benzene rings is 2. The van der Waals surface area contributed by atoms with Gasteiger partial charge in [0.05, 0.1) is 17.7 Å². The van der Waals surface area contributed by atoms with Crippen LogP contribution in [0.1, 0.15) is 15.9 Å². The van der Waals surface area contributed by atoms with E-state index in [4.69, 9.17) is 22.1 Å². The van der Waals surface area contributed by atoms with Crippen LogP contribution in [0.15, 0.2) is 48.0 Å². The third-order valence-electron chi connectivity index (χ3n) is 3.57. The van der Waals surface area contributed by atoms with Crippen molar-refractivity contribution in [2.24, 2.45) is 5.73 Å². The first kappa shape index (κ1) is 21.5. The molecule has 3 N–H and O–H groups in total. The fraction of sp³-hybridized carbons (Fsp3) is 0.100. The van der Waals surface area contributed by atoms with E-state index in [0.717, 1.165) is 0 Å². The molecule has 2 aromatic rings. The van der Waals surface area contributed by atoms with Crippen LogP contribution in [0.3, 0.4) is 0 Å². The molecule has 0 spiro atoms. The van der Waals surface area contributed by atoms with Crippen molar-refractivity contribution in [3.8, 4) is 11.8 Å². The molecule has 9 heteroatoms. The normalized spacial score (nSPS) is 10.6. The van der Waals surface area contributed by atoms with Crippen LogP contribution in [0.4, 0.5) is 5.69 Å². The molecule has 0 aliphatic heterocycles. The Morgan fingerprint density at radius 2 is 1.90 bits per heavy atom. The number of methoxy groups -OCH3 is 1. The van der Waals surface area contributed by atoms with E-state index in [1.165, 1.54) is 49.6 Å².